The highest BCUT2D eigenvalue weighted by Crippen LogP contribution is 2.42. The van der Waals surface area contributed by atoms with E-state index >= 15 is 0 Å². The Labute approximate surface area is 169 Å². The van der Waals surface area contributed by atoms with E-state index in [1.807, 2.05) is 0 Å². The van der Waals surface area contributed by atoms with Gasteiger partial charge in [0.1, 0.15) is 17.1 Å². The third kappa shape index (κ3) is 3.37. The minimum atomic E-state index is -1.11. The number of aryl methyl sites for hydroxylation is 1. The molecule has 1 aliphatic heterocycles. The van der Waals surface area contributed by atoms with Crippen LogP contribution in [0.4, 0.5) is 0 Å². The second-order valence-corrected chi connectivity index (χ2v) is 6.86. The van der Waals surface area contributed by atoms with E-state index in [2.05, 4.69) is 0 Å². The maximum Gasteiger partial charge on any atom is 0.336 e. The maximum atomic E-state index is 11.9. The largest absolute Gasteiger partial charge is 0.508 e. The number of carboxylic acids is 2. The molecule has 0 aromatic heterocycles. The normalized spacial score (nSPS) is 11.1. The molecule has 1 aliphatic carbocycles. The number of carboxylic acid groups (broad SMARTS) is 2. The lowest BCUT2D eigenvalue weighted by molar-refractivity contribution is -0.136. The van der Waals surface area contributed by atoms with E-state index in [4.69, 9.17) is 9.52 Å². The Kier molecular flexibility index (Phi) is 4.71. The van der Waals surface area contributed by atoms with Gasteiger partial charge in [-0.25, -0.2) is 4.79 Å². The number of hydrogen-bond acceptors (Lipinski definition) is 5. The van der Waals surface area contributed by atoms with Gasteiger partial charge in [0, 0.05) is 35.1 Å². The van der Waals surface area contributed by atoms with Crippen LogP contribution in [0.2, 0.25) is 0 Å². The van der Waals surface area contributed by atoms with Crippen LogP contribution in [-0.4, -0.2) is 27.3 Å². The van der Waals surface area contributed by atoms with Gasteiger partial charge in [0.05, 0.1) is 5.56 Å². The van der Waals surface area contributed by atoms with Gasteiger partial charge in [-0.15, -0.1) is 0 Å². The Hall–Kier alpha value is -4.13. The average Bonchev–Trinajstić information content (AvgIpc) is 2.70. The van der Waals surface area contributed by atoms with Gasteiger partial charge < -0.3 is 19.7 Å². The summed E-state index contributed by atoms with van der Waals surface area (Å²) in [4.78, 5) is 34.7. The zero-order chi connectivity index (χ0) is 21.4. The van der Waals surface area contributed by atoms with Crippen molar-refractivity contribution in [3.63, 3.8) is 0 Å². The van der Waals surface area contributed by atoms with Crippen LogP contribution in [-0.2, 0) is 11.2 Å². The minimum Gasteiger partial charge on any atom is -0.508 e. The first-order valence-electron chi connectivity index (χ1n) is 9.12. The fraction of sp³-hybridized carbons (Fsp3) is 0.0870. The summed E-state index contributed by atoms with van der Waals surface area (Å²) in [5.74, 6) is -2.00. The number of aromatic hydroxyl groups is 1. The highest BCUT2D eigenvalue weighted by Gasteiger charge is 2.22. The molecule has 2 aromatic carbocycles. The predicted molar refractivity (Wildman–Crippen MR) is 109 cm³/mol. The minimum absolute atomic E-state index is 0.0673. The fourth-order valence-electron chi connectivity index (χ4n) is 3.57. The molecule has 7 heteroatoms. The van der Waals surface area contributed by atoms with Crippen LogP contribution in [0.3, 0.4) is 0 Å². The first-order chi connectivity index (χ1) is 14.3. The summed E-state index contributed by atoms with van der Waals surface area (Å²) in [6, 6.07) is 13.7. The highest BCUT2D eigenvalue weighted by molar-refractivity contribution is 6.07. The monoisotopic (exact) mass is 404 g/mol. The summed E-state index contributed by atoms with van der Waals surface area (Å²) < 4.78 is 5.83. The standard InChI is InChI=1S/C23H16O7/c24-13-6-7-16-19(10-13)30-20-11-18(25)12(5-8-21(26)27)9-17(20)22(16)14-3-1-2-4-15(14)23(28)29/h1-4,6-7,9-11,25H,5,8H2,(H,26,27)(H,28,29). The molecule has 0 bridgehead atoms. The molecule has 0 spiro atoms. The quantitative estimate of drug-likeness (QED) is 0.430. The summed E-state index contributed by atoms with van der Waals surface area (Å²) >= 11 is 0. The Balaban J connectivity index is 2.12. The summed E-state index contributed by atoms with van der Waals surface area (Å²) in [6.45, 7) is 0. The molecule has 2 aliphatic rings. The van der Waals surface area contributed by atoms with E-state index in [1.54, 1.807) is 30.3 Å². The molecule has 3 N–H and O–H groups in total. The Morgan fingerprint density at radius 1 is 0.933 bits per heavy atom. The summed E-state index contributed by atoms with van der Waals surface area (Å²) in [5.41, 5.74) is 1.92. The number of aliphatic carboxylic acids is 1. The number of phenols is 1. The lowest BCUT2D eigenvalue weighted by Crippen LogP contribution is -2.04. The molecule has 2 aromatic rings. The number of fused-ring (bicyclic) bond motifs is 2. The Bertz CT molecular complexity index is 1330. The molecule has 0 radical (unpaired) electrons. The zero-order valence-corrected chi connectivity index (χ0v) is 15.6. The van der Waals surface area contributed by atoms with Crippen molar-refractivity contribution in [1.29, 1.82) is 0 Å². The molecule has 0 saturated heterocycles. The summed E-state index contributed by atoms with van der Waals surface area (Å²) in [6.07, 6.45) is -0.0843. The van der Waals surface area contributed by atoms with Crippen molar-refractivity contribution in [3.8, 4) is 28.2 Å². The summed E-state index contributed by atoms with van der Waals surface area (Å²) in [5, 5.41) is 29.5. The van der Waals surface area contributed by atoms with Crippen molar-refractivity contribution < 1.29 is 29.3 Å². The smallest absolute Gasteiger partial charge is 0.336 e. The van der Waals surface area contributed by atoms with Gasteiger partial charge in [-0.05, 0) is 41.8 Å². The molecule has 0 amide bonds. The maximum absolute atomic E-state index is 11.9. The van der Waals surface area contributed by atoms with Crippen molar-refractivity contribution in [2.45, 2.75) is 12.8 Å². The zero-order valence-electron chi connectivity index (χ0n) is 15.6. The van der Waals surface area contributed by atoms with Crippen LogP contribution in [0.5, 0.6) is 5.75 Å². The molecule has 0 unspecified atom stereocenters. The molecular formula is C23H16O7. The SMILES string of the molecule is O=C(O)CCc1cc2c(-c3ccccc3C(=O)O)c3ccc(=O)cc-3oc2cc1O. The number of benzene rings is 3. The van der Waals surface area contributed by atoms with Crippen molar-refractivity contribution >= 4 is 22.9 Å². The van der Waals surface area contributed by atoms with Gasteiger partial charge in [-0.3, -0.25) is 9.59 Å². The number of carbonyl (C=O) groups is 2. The average molecular weight is 404 g/mol. The molecule has 0 fully saturated rings. The molecule has 0 saturated carbocycles. The van der Waals surface area contributed by atoms with Gasteiger partial charge in [0.25, 0.3) is 0 Å². The number of hydrogen-bond donors (Lipinski definition) is 3. The van der Waals surface area contributed by atoms with E-state index in [0.29, 0.717) is 27.6 Å². The molecule has 1 heterocycles. The second kappa shape index (κ2) is 7.36. The predicted octanol–water partition coefficient (Wildman–Crippen LogP) is 3.99. The van der Waals surface area contributed by atoms with Gasteiger partial charge >= 0.3 is 11.9 Å². The van der Waals surface area contributed by atoms with E-state index in [1.165, 1.54) is 24.3 Å². The molecule has 4 rings (SSSR count). The number of aromatic carboxylic acids is 1. The van der Waals surface area contributed by atoms with E-state index in [-0.39, 0.29) is 40.9 Å². The van der Waals surface area contributed by atoms with E-state index in [9.17, 15) is 24.6 Å². The number of rotatable bonds is 5. The van der Waals surface area contributed by atoms with E-state index < -0.39 is 11.9 Å². The van der Waals surface area contributed by atoms with Crippen LogP contribution in [0.15, 0.2) is 63.8 Å². The van der Waals surface area contributed by atoms with Crippen LogP contribution >= 0.6 is 0 Å². The molecular weight excluding hydrogens is 388 g/mol. The molecule has 30 heavy (non-hydrogen) atoms. The topological polar surface area (TPSA) is 125 Å². The molecule has 150 valence electrons. The third-order valence-electron chi connectivity index (χ3n) is 4.93. The molecule has 7 nitrogen and oxygen atoms in total. The second-order valence-electron chi connectivity index (χ2n) is 6.86. The van der Waals surface area contributed by atoms with Crippen molar-refractivity contribution in [3.05, 3.63) is 75.9 Å². The lowest BCUT2D eigenvalue weighted by atomic mass is 9.90. The Morgan fingerprint density at radius 3 is 2.43 bits per heavy atom. The van der Waals surface area contributed by atoms with Crippen molar-refractivity contribution in [2.24, 2.45) is 0 Å². The van der Waals surface area contributed by atoms with Gasteiger partial charge in [-0.2, -0.15) is 0 Å². The van der Waals surface area contributed by atoms with Gasteiger partial charge in [0.2, 0.25) is 0 Å². The van der Waals surface area contributed by atoms with E-state index in [0.717, 1.165) is 0 Å². The lowest BCUT2D eigenvalue weighted by Gasteiger charge is -2.17. The third-order valence-corrected chi connectivity index (χ3v) is 4.93. The highest BCUT2D eigenvalue weighted by atomic mass is 16.4. The van der Waals surface area contributed by atoms with Crippen LogP contribution in [0, 0.1) is 0 Å². The van der Waals surface area contributed by atoms with Crippen LogP contribution < -0.4 is 5.43 Å². The molecule has 0 atom stereocenters. The fourth-order valence-corrected chi connectivity index (χ4v) is 3.57. The summed E-state index contributed by atoms with van der Waals surface area (Å²) in [7, 11) is 0. The Morgan fingerprint density at radius 2 is 1.70 bits per heavy atom. The van der Waals surface area contributed by atoms with Crippen LogP contribution in [0.1, 0.15) is 22.3 Å². The van der Waals surface area contributed by atoms with Gasteiger partial charge in [0.15, 0.2) is 5.43 Å². The van der Waals surface area contributed by atoms with Crippen molar-refractivity contribution in [1.82, 2.24) is 0 Å². The first-order valence-corrected chi connectivity index (χ1v) is 9.12. The first kappa shape index (κ1) is 19.2. The van der Waals surface area contributed by atoms with Crippen molar-refractivity contribution in [2.75, 3.05) is 0 Å². The van der Waals surface area contributed by atoms with Crippen LogP contribution in [0.25, 0.3) is 33.4 Å². The number of phenolic OH excluding ortho intramolecular Hbond substituents is 1. The van der Waals surface area contributed by atoms with Gasteiger partial charge in [-0.1, -0.05) is 18.2 Å².